The normalized spacial score (nSPS) is 27.1. The molecular weight excluding hydrogens is 410 g/mol. The first-order chi connectivity index (χ1) is 15.3. The third kappa shape index (κ3) is 7.17. The molecule has 1 aliphatic heterocycles. The molecule has 0 radical (unpaired) electrons. The lowest BCUT2D eigenvalue weighted by molar-refractivity contribution is -0.152. The molecule has 2 saturated carbocycles. The smallest absolute Gasteiger partial charge is 0.326 e. The number of carboxylic acids is 1. The van der Waals surface area contributed by atoms with Crippen LogP contribution in [0.25, 0.3) is 0 Å². The van der Waals surface area contributed by atoms with Crippen molar-refractivity contribution < 1.29 is 24.2 Å². The number of carboxylic acid groups (broad SMARTS) is 1. The SMILES string of the molecule is CCCC(NC(C)C(=O)N1[C@H](C(=O)O)C[C@@H]2CCCC[C@@H]21)C(=O)OCC.NC1CCCC1. The second-order valence-electron chi connectivity index (χ2n) is 9.47. The van der Waals surface area contributed by atoms with Gasteiger partial charge in [0, 0.05) is 12.1 Å². The maximum atomic E-state index is 13.1. The van der Waals surface area contributed by atoms with Gasteiger partial charge in [0.1, 0.15) is 12.1 Å². The zero-order valence-corrected chi connectivity index (χ0v) is 20.1. The highest BCUT2D eigenvalue weighted by Crippen LogP contribution is 2.40. The fraction of sp³-hybridized carbons (Fsp3) is 0.875. The lowest BCUT2D eigenvalue weighted by Gasteiger charge is -2.35. The predicted octanol–water partition coefficient (Wildman–Crippen LogP) is 2.83. The van der Waals surface area contributed by atoms with Crippen molar-refractivity contribution in [3.05, 3.63) is 0 Å². The minimum atomic E-state index is -0.935. The largest absolute Gasteiger partial charge is 0.480 e. The van der Waals surface area contributed by atoms with Crippen molar-refractivity contribution in [1.82, 2.24) is 10.2 Å². The van der Waals surface area contributed by atoms with Crippen molar-refractivity contribution in [2.24, 2.45) is 11.7 Å². The Morgan fingerprint density at radius 1 is 1.09 bits per heavy atom. The summed E-state index contributed by atoms with van der Waals surface area (Å²) in [4.78, 5) is 38.5. The summed E-state index contributed by atoms with van der Waals surface area (Å²) in [6.07, 6.45) is 11.1. The van der Waals surface area contributed by atoms with E-state index in [1.165, 1.54) is 25.7 Å². The molecule has 0 aromatic carbocycles. The number of aliphatic carboxylic acids is 1. The number of esters is 1. The van der Waals surface area contributed by atoms with E-state index in [9.17, 15) is 19.5 Å². The number of nitrogens with one attached hydrogen (secondary N) is 1. The zero-order valence-electron chi connectivity index (χ0n) is 20.1. The van der Waals surface area contributed by atoms with Gasteiger partial charge < -0.3 is 20.5 Å². The lowest BCUT2D eigenvalue weighted by Crippen LogP contribution is -2.55. The van der Waals surface area contributed by atoms with Crippen molar-refractivity contribution in [3.63, 3.8) is 0 Å². The Labute approximate surface area is 192 Å². The van der Waals surface area contributed by atoms with Crippen LogP contribution in [-0.4, -0.2) is 64.7 Å². The van der Waals surface area contributed by atoms with Crippen molar-refractivity contribution in [2.45, 2.75) is 122 Å². The van der Waals surface area contributed by atoms with Crippen molar-refractivity contribution in [3.8, 4) is 0 Å². The maximum absolute atomic E-state index is 13.1. The van der Waals surface area contributed by atoms with Crippen molar-refractivity contribution in [2.75, 3.05) is 6.61 Å². The standard InChI is InChI=1S/C19H32N2O5.C5H11N/c1-4-8-14(19(25)26-5-2)20-12(3)17(22)21-15-10-7-6-9-13(15)11-16(21)18(23)24;6-5-3-1-2-4-5/h12-16,20H,4-11H2,1-3H3,(H,23,24);5H,1-4,6H2/t12?,13-,14?,15-,16-;/m0./s1. The molecule has 2 unspecified atom stereocenters. The Morgan fingerprint density at radius 3 is 2.25 bits per heavy atom. The first-order valence-electron chi connectivity index (χ1n) is 12.5. The monoisotopic (exact) mass is 453 g/mol. The highest BCUT2D eigenvalue weighted by molar-refractivity contribution is 5.88. The Balaban J connectivity index is 0.000000520. The van der Waals surface area contributed by atoms with E-state index in [0.717, 1.165) is 32.1 Å². The number of amides is 1. The second kappa shape index (κ2) is 13.1. The number of carbonyl (C=O) groups is 3. The molecule has 4 N–H and O–H groups in total. The first kappa shape index (κ1) is 26.6. The molecule has 1 amide bonds. The molecule has 1 saturated heterocycles. The molecule has 3 fully saturated rings. The zero-order chi connectivity index (χ0) is 23.7. The number of fused-ring (bicyclic) bond motifs is 1. The van der Waals surface area contributed by atoms with E-state index in [1.54, 1.807) is 18.7 Å². The Kier molecular flexibility index (Phi) is 10.9. The van der Waals surface area contributed by atoms with E-state index in [0.29, 0.717) is 25.5 Å². The highest BCUT2D eigenvalue weighted by Gasteiger charge is 2.48. The summed E-state index contributed by atoms with van der Waals surface area (Å²) in [5.74, 6) is -1.24. The number of nitrogens with two attached hydrogens (primary N) is 1. The summed E-state index contributed by atoms with van der Waals surface area (Å²) in [6.45, 7) is 5.72. The van der Waals surface area contributed by atoms with Crippen LogP contribution in [-0.2, 0) is 19.1 Å². The van der Waals surface area contributed by atoms with Gasteiger partial charge in [-0.15, -0.1) is 0 Å². The minimum absolute atomic E-state index is 0.00817. The van der Waals surface area contributed by atoms with Gasteiger partial charge in [0.05, 0.1) is 12.6 Å². The van der Waals surface area contributed by atoms with E-state index < -0.39 is 24.1 Å². The third-order valence-electron chi connectivity index (χ3n) is 7.00. The van der Waals surface area contributed by atoms with Gasteiger partial charge in [-0.2, -0.15) is 0 Å². The average molecular weight is 454 g/mol. The van der Waals surface area contributed by atoms with Crippen LogP contribution in [0.15, 0.2) is 0 Å². The van der Waals surface area contributed by atoms with Crippen molar-refractivity contribution in [1.29, 1.82) is 0 Å². The van der Waals surface area contributed by atoms with Crippen LogP contribution in [0, 0.1) is 5.92 Å². The summed E-state index contributed by atoms with van der Waals surface area (Å²) < 4.78 is 5.09. The van der Waals surface area contributed by atoms with Gasteiger partial charge in [-0.05, 0) is 58.3 Å². The van der Waals surface area contributed by atoms with E-state index in [4.69, 9.17) is 10.5 Å². The Morgan fingerprint density at radius 2 is 1.72 bits per heavy atom. The van der Waals surface area contributed by atoms with Gasteiger partial charge in [-0.1, -0.05) is 39.0 Å². The summed E-state index contributed by atoms with van der Waals surface area (Å²) in [5, 5.41) is 12.7. The van der Waals surface area contributed by atoms with Crippen LogP contribution in [0.4, 0.5) is 0 Å². The number of rotatable bonds is 8. The molecule has 8 heteroatoms. The van der Waals surface area contributed by atoms with Gasteiger partial charge in [0.25, 0.3) is 0 Å². The lowest BCUT2D eigenvalue weighted by atomic mass is 9.84. The fourth-order valence-electron chi connectivity index (χ4n) is 5.35. The summed E-state index contributed by atoms with van der Waals surface area (Å²) in [6, 6.07) is -1.38. The van der Waals surface area contributed by atoms with Gasteiger partial charge in [0.15, 0.2) is 0 Å². The summed E-state index contributed by atoms with van der Waals surface area (Å²) >= 11 is 0. The number of carbonyl (C=O) groups excluding carboxylic acids is 2. The van der Waals surface area contributed by atoms with Gasteiger partial charge >= 0.3 is 11.9 Å². The first-order valence-corrected chi connectivity index (χ1v) is 12.5. The highest BCUT2D eigenvalue weighted by atomic mass is 16.5. The summed E-state index contributed by atoms with van der Waals surface area (Å²) in [7, 11) is 0. The topological polar surface area (TPSA) is 122 Å². The maximum Gasteiger partial charge on any atom is 0.326 e. The van der Waals surface area contributed by atoms with Crippen LogP contribution >= 0.6 is 0 Å². The number of hydrogen-bond acceptors (Lipinski definition) is 6. The Hall–Kier alpha value is -1.67. The van der Waals surface area contributed by atoms with Crippen LogP contribution < -0.4 is 11.1 Å². The van der Waals surface area contributed by atoms with Crippen molar-refractivity contribution >= 4 is 17.8 Å². The predicted molar refractivity (Wildman–Crippen MR) is 123 cm³/mol. The van der Waals surface area contributed by atoms with E-state index in [-0.39, 0.29) is 23.8 Å². The van der Waals surface area contributed by atoms with Gasteiger partial charge in [0.2, 0.25) is 5.91 Å². The number of ether oxygens (including phenoxy) is 1. The fourth-order valence-corrected chi connectivity index (χ4v) is 5.35. The number of nitrogens with zero attached hydrogens (tertiary/aromatic N) is 1. The molecule has 3 aliphatic rings. The minimum Gasteiger partial charge on any atom is -0.480 e. The quantitative estimate of drug-likeness (QED) is 0.483. The molecule has 0 bridgehead atoms. The Bertz CT molecular complexity index is 623. The molecule has 8 nitrogen and oxygen atoms in total. The molecule has 1 heterocycles. The second-order valence-corrected chi connectivity index (χ2v) is 9.47. The molecule has 184 valence electrons. The third-order valence-corrected chi connectivity index (χ3v) is 7.00. The molecular formula is C24H43N3O5. The van der Waals surface area contributed by atoms with Crippen LogP contribution in [0.1, 0.15) is 91.4 Å². The molecule has 5 atom stereocenters. The van der Waals surface area contributed by atoms with Crippen LogP contribution in [0.5, 0.6) is 0 Å². The van der Waals surface area contributed by atoms with Crippen LogP contribution in [0.2, 0.25) is 0 Å². The molecule has 0 spiro atoms. The molecule has 2 aliphatic carbocycles. The molecule has 32 heavy (non-hydrogen) atoms. The van der Waals surface area contributed by atoms with Gasteiger partial charge in [-0.25, -0.2) is 4.79 Å². The number of hydrogen-bond donors (Lipinski definition) is 3. The molecule has 0 aromatic heterocycles. The van der Waals surface area contributed by atoms with E-state index in [1.807, 2.05) is 6.92 Å². The van der Waals surface area contributed by atoms with Crippen LogP contribution in [0.3, 0.4) is 0 Å². The van der Waals surface area contributed by atoms with Gasteiger partial charge in [-0.3, -0.25) is 14.9 Å². The molecule has 0 aromatic rings. The van der Waals surface area contributed by atoms with E-state index >= 15 is 0 Å². The average Bonchev–Trinajstić information content (AvgIpc) is 3.40. The molecule has 3 rings (SSSR count). The number of likely N-dealkylation sites (tertiary alicyclic amines) is 1. The van der Waals surface area contributed by atoms with E-state index in [2.05, 4.69) is 5.32 Å². The summed E-state index contributed by atoms with van der Waals surface area (Å²) in [5.41, 5.74) is 5.53.